The second kappa shape index (κ2) is 8.69. The summed E-state index contributed by atoms with van der Waals surface area (Å²) in [7, 11) is -2.55. The van der Waals surface area contributed by atoms with Crippen molar-refractivity contribution < 1.29 is 27.6 Å². The van der Waals surface area contributed by atoms with Gasteiger partial charge in [0, 0.05) is 44.4 Å². The molecule has 2 heterocycles. The van der Waals surface area contributed by atoms with E-state index in [0.29, 0.717) is 32.8 Å². The summed E-state index contributed by atoms with van der Waals surface area (Å²) in [5, 5.41) is 11.2. The molecule has 166 valence electrons. The van der Waals surface area contributed by atoms with Crippen LogP contribution in [0.1, 0.15) is 5.56 Å². The zero-order valence-corrected chi connectivity index (χ0v) is 17.8. The summed E-state index contributed by atoms with van der Waals surface area (Å²) in [4.78, 5) is 12.6. The predicted molar refractivity (Wildman–Crippen MR) is 111 cm³/mol. The maximum absolute atomic E-state index is 13.0. The van der Waals surface area contributed by atoms with Crippen LogP contribution in [0.5, 0.6) is 17.2 Å². The van der Waals surface area contributed by atoms with Gasteiger partial charge < -0.3 is 14.2 Å². The third-order valence-corrected chi connectivity index (χ3v) is 7.25. The molecule has 31 heavy (non-hydrogen) atoms. The minimum absolute atomic E-state index is 0.0196. The number of piperazine rings is 1. The lowest BCUT2D eigenvalue weighted by molar-refractivity contribution is -0.386. The molecule has 10 nitrogen and oxygen atoms in total. The van der Waals surface area contributed by atoms with Gasteiger partial charge in [-0.2, -0.15) is 4.31 Å². The first-order valence-electron chi connectivity index (χ1n) is 9.82. The number of methoxy groups -OCH3 is 1. The average molecular weight is 449 g/mol. The number of ether oxygens (including phenoxy) is 3. The molecule has 4 rings (SSSR count). The number of sulfonamides is 1. The molecule has 0 aromatic heterocycles. The molecule has 0 unspecified atom stereocenters. The maximum Gasteiger partial charge on any atom is 0.312 e. The zero-order valence-electron chi connectivity index (χ0n) is 17.0. The summed E-state index contributed by atoms with van der Waals surface area (Å²) in [6, 6.07) is 9.46. The van der Waals surface area contributed by atoms with Crippen molar-refractivity contribution in [2.75, 3.05) is 46.5 Å². The van der Waals surface area contributed by atoms with Crippen LogP contribution >= 0.6 is 0 Å². The Hall–Kier alpha value is -2.89. The minimum atomic E-state index is -3.85. The van der Waals surface area contributed by atoms with Crippen LogP contribution in [0.2, 0.25) is 0 Å². The molecule has 0 N–H and O–H groups in total. The number of nitro groups is 1. The van der Waals surface area contributed by atoms with Gasteiger partial charge in [-0.25, -0.2) is 8.42 Å². The number of rotatable bonds is 6. The Kier molecular flexibility index (Phi) is 5.99. The van der Waals surface area contributed by atoms with Crippen molar-refractivity contribution in [3.63, 3.8) is 0 Å². The number of para-hydroxylation sites is 1. The van der Waals surface area contributed by atoms with Gasteiger partial charge in [-0.1, -0.05) is 12.1 Å². The van der Waals surface area contributed by atoms with Gasteiger partial charge in [0.05, 0.1) is 16.9 Å². The molecule has 11 heteroatoms. The van der Waals surface area contributed by atoms with E-state index in [1.165, 1.54) is 23.5 Å². The van der Waals surface area contributed by atoms with E-state index in [2.05, 4.69) is 4.90 Å². The van der Waals surface area contributed by atoms with E-state index < -0.39 is 14.9 Å². The van der Waals surface area contributed by atoms with E-state index in [9.17, 15) is 18.5 Å². The molecule has 0 radical (unpaired) electrons. The standard InChI is InChI=1S/C20H23N3O7S/c1-28-18-6-5-16(13-17(18)23(24)25)31(26,27)22-9-7-21(8-10-22)14-15-3-2-4-19-20(15)30-12-11-29-19/h2-6,13H,7-12,14H2,1H3. The molecule has 0 amide bonds. The van der Waals surface area contributed by atoms with Crippen molar-refractivity contribution in [1.29, 1.82) is 0 Å². The fourth-order valence-corrected chi connectivity index (χ4v) is 5.19. The van der Waals surface area contributed by atoms with Gasteiger partial charge in [0.2, 0.25) is 10.0 Å². The van der Waals surface area contributed by atoms with Gasteiger partial charge >= 0.3 is 5.69 Å². The van der Waals surface area contributed by atoms with E-state index in [0.717, 1.165) is 23.1 Å². The van der Waals surface area contributed by atoms with E-state index in [1.807, 2.05) is 18.2 Å². The monoisotopic (exact) mass is 449 g/mol. The van der Waals surface area contributed by atoms with Gasteiger partial charge in [-0.3, -0.25) is 15.0 Å². The smallest absolute Gasteiger partial charge is 0.312 e. The van der Waals surface area contributed by atoms with Crippen molar-refractivity contribution in [3.8, 4) is 17.2 Å². The van der Waals surface area contributed by atoms with Gasteiger partial charge in [0.15, 0.2) is 17.2 Å². The first-order valence-corrected chi connectivity index (χ1v) is 11.3. The predicted octanol–water partition coefficient (Wildman–Crippen LogP) is 1.88. The largest absolute Gasteiger partial charge is 0.490 e. The highest BCUT2D eigenvalue weighted by Crippen LogP contribution is 2.35. The summed E-state index contributed by atoms with van der Waals surface area (Å²) >= 11 is 0. The van der Waals surface area contributed by atoms with Crippen LogP contribution in [0, 0.1) is 10.1 Å². The molecule has 0 bridgehead atoms. The number of nitro benzene ring substituents is 1. The normalized spacial score (nSPS) is 17.3. The van der Waals surface area contributed by atoms with Gasteiger partial charge in [0.1, 0.15) is 13.2 Å². The molecule has 1 saturated heterocycles. The Morgan fingerprint density at radius 2 is 1.84 bits per heavy atom. The van der Waals surface area contributed by atoms with Crippen LogP contribution in [0.25, 0.3) is 0 Å². The molecule has 0 atom stereocenters. The fraction of sp³-hybridized carbons (Fsp3) is 0.400. The third-order valence-electron chi connectivity index (χ3n) is 5.36. The quantitative estimate of drug-likeness (QED) is 0.486. The number of hydrogen-bond donors (Lipinski definition) is 0. The SMILES string of the molecule is COc1ccc(S(=O)(=O)N2CCN(Cc3cccc4c3OCCO4)CC2)cc1[N+](=O)[O-]. The topological polar surface area (TPSA) is 111 Å². The second-order valence-corrected chi connectivity index (χ2v) is 9.15. The fourth-order valence-electron chi connectivity index (χ4n) is 3.75. The van der Waals surface area contributed by atoms with Gasteiger partial charge in [0.25, 0.3) is 0 Å². The van der Waals surface area contributed by atoms with E-state index in [-0.39, 0.29) is 29.4 Å². The lowest BCUT2D eigenvalue weighted by Gasteiger charge is -2.34. The highest BCUT2D eigenvalue weighted by molar-refractivity contribution is 7.89. The van der Waals surface area contributed by atoms with Gasteiger partial charge in [-0.15, -0.1) is 0 Å². The Balaban J connectivity index is 1.45. The van der Waals surface area contributed by atoms with Crippen LogP contribution in [-0.2, 0) is 16.6 Å². The summed E-state index contributed by atoms with van der Waals surface area (Å²) in [6.45, 7) is 3.28. The molecule has 2 aliphatic rings. The highest BCUT2D eigenvalue weighted by Gasteiger charge is 2.31. The van der Waals surface area contributed by atoms with Crippen LogP contribution < -0.4 is 14.2 Å². The molecule has 0 saturated carbocycles. The van der Waals surface area contributed by atoms with Crippen molar-refractivity contribution in [2.24, 2.45) is 0 Å². The second-order valence-electron chi connectivity index (χ2n) is 7.21. The van der Waals surface area contributed by atoms with E-state index >= 15 is 0 Å². The first-order chi connectivity index (χ1) is 14.9. The van der Waals surface area contributed by atoms with E-state index in [4.69, 9.17) is 14.2 Å². The van der Waals surface area contributed by atoms with Crippen LogP contribution in [0.4, 0.5) is 5.69 Å². The van der Waals surface area contributed by atoms with Crippen molar-refractivity contribution in [1.82, 2.24) is 9.21 Å². The first kappa shape index (κ1) is 21.3. The van der Waals surface area contributed by atoms with Crippen molar-refractivity contribution in [3.05, 3.63) is 52.1 Å². The highest BCUT2D eigenvalue weighted by atomic mass is 32.2. The summed E-state index contributed by atoms with van der Waals surface area (Å²) in [5.74, 6) is 1.49. The van der Waals surface area contributed by atoms with Crippen LogP contribution in [0.3, 0.4) is 0 Å². The minimum Gasteiger partial charge on any atom is -0.490 e. The number of fused-ring (bicyclic) bond motifs is 1. The number of benzene rings is 2. The maximum atomic E-state index is 13.0. The molecule has 1 fully saturated rings. The summed E-state index contributed by atoms with van der Waals surface area (Å²) < 4.78 is 43.7. The Morgan fingerprint density at radius 1 is 1.10 bits per heavy atom. The zero-order chi connectivity index (χ0) is 22.0. The molecule has 0 aliphatic carbocycles. The molecular weight excluding hydrogens is 426 g/mol. The summed E-state index contributed by atoms with van der Waals surface area (Å²) in [6.07, 6.45) is 0. The number of nitrogens with zero attached hydrogens (tertiary/aromatic N) is 3. The van der Waals surface area contributed by atoms with Crippen LogP contribution in [-0.4, -0.2) is 69.0 Å². The Bertz CT molecular complexity index is 1080. The number of hydrogen-bond acceptors (Lipinski definition) is 8. The van der Waals surface area contributed by atoms with Gasteiger partial charge in [-0.05, 0) is 18.2 Å². The Labute approximate surface area is 180 Å². The lowest BCUT2D eigenvalue weighted by atomic mass is 10.1. The molecule has 2 aromatic rings. The van der Waals surface area contributed by atoms with Crippen molar-refractivity contribution in [2.45, 2.75) is 11.4 Å². The molecule has 0 spiro atoms. The molecule has 2 aliphatic heterocycles. The summed E-state index contributed by atoms with van der Waals surface area (Å²) in [5.41, 5.74) is 0.623. The third kappa shape index (κ3) is 4.29. The van der Waals surface area contributed by atoms with E-state index in [1.54, 1.807) is 0 Å². The molecular formula is C20H23N3O7S. The lowest BCUT2D eigenvalue weighted by Crippen LogP contribution is -2.48. The average Bonchev–Trinajstić information content (AvgIpc) is 2.79. The molecule has 2 aromatic carbocycles. The van der Waals surface area contributed by atoms with Crippen LogP contribution in [0.15, 0.2) is 41.3 Å². The van der Waals surface area contributed by atoms with Crippen molar-refractivity contribution >= 4 is 15.7 Å². The Morgan fingerprint density at radius 3 is 2.55 bits per heavy atom.